The van der Waals surface area contributed by atoms with Crippen molar-refractivity contribution in [2.75, 3.05) is 0 Å². The second-order valence-corrected chi connectivity index (χ2v) is 15.5. The molecule has 58 heavy (non-hydrogen) atoms. The predicted molar refractivity (Wildman–Crippen MR) is 237 cm³/mol. The van der Waals surface area contributed by atoms with Crippen LogP contribution < -0.4 is 4.74 Å². The van der Waals surface area contributed by atoms with E-state index in [-0.39, 0.29) is 12.0 Å². The van der Waals surface area contributed by atoms with Crippen LogP contribution in [0.5, 0.6) is 5.75 Å². The summed E-state index contributed by atoms with van der Waals surface area (Å²) < 4.78 is 17.6. The lowest BCUT2D eigenvalue weighted by Crippen LogP contribution is -2.15. The molecule has 0 radical (unpaired) electrons. The van der Waals surface area contributed by atoms with Gasteiger partial charge in [-0.2, -0.15) is 0 Å². The molecule has 2 atom stereocenters. The Balaban J connectivity index is 1.02. The zero-order valence-corrected chi connectivity index (χ0v) is 31.2. The molecule has 13 rings (SSSR count). The first-order valence-electron chi connectivity index (χ1n) is 19.8. The molecule has 2 aliphatic rings. The van der Waals surface area contributed by atoms with Gasteiger partial charge in [0, 0.05) is 61.4 Å². The van der Waals surface area contributed by atoms with Crippen LogP contribution in [0, 0.1) is 0 Å². The smallest absolute Gasteiger partial charge is 0.135 e. The average Bonchev–Trinajstić information content (AvgIpc) is 4.03. The molecule has 0 amide bonds. The summed E-state index contributed by atoms with van der Waals surface area (Å²) in [6.07, 6.45) is 12.5. The van der Waals surface area contributed by atoms with Gasteiger partial charge in [0.15, 0.2) is 0 Å². The summed E-state index contributed by atoms with van der Waals surface area (Å²) in [5, 5.41) is 7.03. The highest BCUT2D eigenvalue weighted by Crippen LogP contribution is 2.45. The molecule has 5 heteroatoms. The molecule has 7 aromatic carbocycles. The van der Waals surface area contributed by atoms with Crippen LogP contribution in [0.15, 0.2) is 193 Å². The van der Waals surface area contributed by atoms with E-state index in [1.54, 1.807) is 0 Å². The highest BCUT2D eigenvalue weighted by atomic mass is 16.5. The molecule has 0 bridgehead atoms. The van der Waals surface area contributed by atoms with Crippen molar-refractivity contribution in [1.82, 2.24) is 14.1 Å². The number of hydrogen-bond donors (Lipinski definition) is 0. The normalized spacial score (nSPS) is 15.9. The number of fused-ring (bicyclic) bond motifs is 12. The van der Waals surface area contributed by atoms with Crippen LogP contribution >= 0.6 is 0 Å². The summed E-state index contributed by atoms with van der Waals surface area (Å²) in [5.41, 5.74) is 14.3. The van der Waals surface area contributed by atoms with Crippen LogP contribution in [0.25, 0.3) is 99.2 Å². The Hall–Kier alpha value is -7.63. The Bertz CT molecular complexity index is 3470. The van der Waals surface area contributed by atoms with Crippen molar-refractivity contribution in [3.05, 3.63) is 194 Å². The third-order valence-electron chi connectivity index (χ3n) is 12.3. The number of benzene rings is 7. The molecule has 0 fully saturated rings. The van der Waals surface area contributed by atoms with Crippen molar-refractivity contribution < 1.29 is 9.15 Å². The van der Waals surface area contributed by atoms with Gasteiger partial charge in [0.2, 0.25) is 0 Å². The van der Waals surface area contributed by atoms with Gasteiger partial charge in [-0.05, 0) is 113 Å². The lowest BCUT2D eigenvalue weighted by molar-refractivity contribution is 0.269. The number of furan rings is 1. The summed E-state index contributed by atoms with van der Waals surface area (Å²) in [4.78, 5) is 4.51. The number of para-hydroxylation sites is 3. The number of rotatable bonds is 4. The first-order chi connectivity index (χ1) is 28.7. The van der Waals surface area contributed by atoms with E-state index < -0.39 is 0 Å². The van der Waals surface area contributed by atoms with Gasteiger partial charge < -0.3 is 18.3 Å². The molecular formula is C53H33N3O2. The van der Waals surface area contributed by atoms with E-state index in [0.717, 1.165) is 72.3 Å². The van der Waals surface area contributed by atoms with Gasteiger partial charge in [-0.25, -0.2) is 0 Å². The van der Waals surface area contributed by atoms with Gasteiger partial charge in [-0.15, -0.1) is 0 Å². The standard InChI is InChI=1S/C53H33N3O2/c1-6-14-47-38(9-1)39-10-2-7-15-48(39)56(47)37-26-34(32-17-20-51-43(28-32)42-12-4-8-16-50(42)57-51)25-35(27-37)33-18-21-52-44(29-33)45-30-36(19-22-53(45)58-52)55-46-13-5-3-11-40(46)41-23-24-54-31-49(41)55/h1-31,42,50H. The fourth-order valence-corrected chi connectivity index (χ4v) is 9.68. The quantitative estimate of drug-likeness (QED) is 0.180. The van der Waals surface area contributed by atoms with Gasteiger partial charge in [-0.3, -0.25) is 4.98 Å². The second-order valence-electron chi connectivity index (χ2n) is 15.5. The Morgan fingerprint density at radius 1 is 0.448 bits per heavy atom. The molecule has 2 unspecified atom stereocenters. The zero-order valence-electron chi connectivity index (χ0n) is 31.2. The zero-order chi connectivity index (χ0) is 37.9. The van der Waals surface area contributed by atoms with E-state index in [0.29, 0.717) is 0 Å². The molecule has 5 heterocycles. The number of ether oxygens (including phenoxy) is 1. The van der Waals surface area contributed by atoms with E-state index in [1.165, 1.54) is 38.1 Å². The van der Waals surface area contributed by atoms with Crippen molar-refractivity contribution >= 4 is 65.6 Å². The van der Waals surface area contributed by atoms with E-state index in [2.05, 4.69) is 190 Å². The Morgan fingerprint density at radius 2 is 1.05 bits per heavy atom. The Morgan fingerprint density at radius 3 is 1.79 bits per heavy atom. The predicted octanol–water partition coefficient (Wildman–Crippen LogP) is 13.5. The fourth-order valence-electron chi connectivity index (χ4n) is 9.68. The maximum Gasteiger partial charge on any atom is 0.135 e. The number of allylic oxidation sites excluding steroid dienone is 2. The first kappa shape index (κ1) is 31.6. The topological polar surface area (TPSA) is 45.1 Å². The summed E-state index contributed by atoms with van der Waals surface area (Å²) >= 11 is 0. The first-order valence-corrected chi connectivity index (χ1v) is 19.8. The average molecular weight is 744 g/mol. The van der Waals surface area contributed by atoms with Crippen LogP contribution in [-0.2, 0) is 0 Å². The molecule has 4 aromatic heterocycles. The molecule has 1 aliphatic heterocycles. The van der Waals surface area contributed by atoms with Gasteiger partial charge in [-0.1, -0.05) is 85.0 Å². The minimum absolute atomic E-state index is 0.0402. The van der Waals surface area contributed by atoms with Crippen molar-refractivity contribution in [3.8, 4) is 39.4 Å². The summed E-state index contributed by atoms with van der Waals surface area (Å²) in [5.74, 6) is 1.17. The fraction of sp³-hybridized carbons (Fsp3) is 0.0377. The van der Waals surface area contributed by atoms with Crippen LogP contribution in [0.1, 0.15) is 11.5 Å². The summed E-state index contributed by atoms with van der Waals surface area (Å²) in [6.45, 7) is 0. The molecule has 0 saturated heterocycles. The van der Waals surface area contributed by atoms with E-state index in [1.807, 2.05) is 12.4 Å². The van der Waals surface area contributed by atoms with Gasteiger partial charge in [0.05, 0.1) is 28.3 Å². The minimum atomic E-state index is 0.0402. The molecule has 0 N–H and O–H groups in total. The molecule has 11 aromatic rings. The lowest BCUT2D eigenvalue weighted by Gasteiger charge is -2.15. The monoisotopic (exact) mass is 743 g/mol. The van der Waals surface area contributed by atoms with Gasteiger partial charge in [0.1, 0.15) is 23.0 Å². The van der Waals surface area contributed by atoms with E-state index >= 15 is 0 Å². The highest BCUT2D eigenvalue weighted by Gasteiger charge is 2.32. The van der Waals surface area contributed by atoms with Gasteiger partial charge in [0.25, 0.3) is 0 Å². The minimum Gasteiger partial charge on any atom is -0.485 e. The maximum atomic E-state index is 6.50. The number of nitrogens with zero attached hydrogens (tertiary/aromatic N) is 3. The van der Waals surface area contributed by atoms with Crippen molar-refractivity contribution in [2.24, 2.45) is 0 Å². The second kappa shape index (κ2) is 11.9. The van der Waals surface area contributed by atoms with Crippen LogP contribution in [0.2, 0.25) is 0 Å². The maximum absolute atomic E-state index is 6.50. The summed E-state index contributed by atoms with van der Waals surface area (Å²) in [7, 11) is 0. The SMILES string of the molecule is C1=CC2Oc3ccc(-c4cc(-c5ccc6oc7ccc(-n8c9ccccc9c9ccncc98)cc7c6c5)cc(-n5c6ccccc6c6ccccc65)c4)cc3C2C=C1. The van der Waals surface area contributed by atoms with Crippen molar-refractivity contribution in [3.63, 3.8) is 0 Å². The lowest BCUT2D eigenvalue weighted by atomic mass is 9.89. The van der Waals surface area contributed by atoms with Crippen LogP contribution in [0.3, 0.4) is 0 Å². The Kier molecular flexibility index (Phi) is 6.50. The van der Waals surface area contributed by atoms with Crippen molar-refractivity contribution in [2.45, 2.75) is 12.0 Å². The third kappa shape index (κ3) is 4.55. The van der Waals surface area contributed by atoms with E-state index in [9.17, 15) is 0 Å². The number of pyridine rings is 1. The summed E-state index contributed by atoms with van der Waals surface area (Å²) in [6, 6.07) is 54.9. The van der Waals surface area contributed by atoms with Crippen LogP contribution in [0.4, 0.5) is 0 Å². The molecule has 0 spiro atoms. The molecule has 272 valence electrons. The largest absolute Gasteiger partial charge is 0.485 e. The molecule has 5 nitrogen and oxygen atoms in total. The van der Waals surface area contributed by atoms with Crippen molar-refractivity contribution in [1.29, 1.82) is 0 Å². The number of hydrogen-bond acceptors (Lipinski definition) is 3. The van der Waals surface area contributed by atoms with E-state index in [4.69, 9.17) is 9.15 Å². The number of aromatic nitrogens is 3. The Labute approximate surface area is 333 Å². The molecular weight excluding hydrogens is 711 g/mol. The molecule has 1 aliphatic carbocycles. The third-order valence-corrected chi connectivity index (χ3v) is 12.3. The highest BCUT2D eigenvalue weighted by molar-refractivity contribution is 6.11. The molecule has 0 saturated carbocycles. The van der Waals surface area contributed by atoms with Gasteiger partial charge >= 0.3 is 0 Å². The van der Waals surface area contributed by atoms with Crippen LogP contribution in [-0.4, -0.2) is 20.2 Å².